The Morgan fingerprint density at radius 2 is 1.88 bits per heavy atom. The molecule has 0 saturated heterocycles. The third kappa shape index (κ3) is 2.62. The maximum absolute atomic E-state index is 11.5. The van der Waals surface area contributed by atoms with Crippen molar-refractivity contribution < 1.29 is 13.2 Å². The second kappa shape index (κ2) is 2.78. The summed E-state index contributed by atoms with van der Waals surface area (Å²) in [7, 11) is 0. The van der Waals surface area contributed by atoms with Gasteiger partial charge in [-0.1, -0.05) is 0 Å². The van der Waals surface area contributed by atoms with Gasteiger partial charge in [0.05, 0.1) is 0 Å². The highest BCUT2D eigenvalue weighted by molar-refractivity contribution is 6.30. The van der Waals surface area contributed by atoms with Crippen LogP contribution in [0.1, 0.15) is 0 Å². The maximum Gasteiger partial charge on any atom is 0.340 e. The molecule has 0 aromatic rings. The van der Waals surface area contributed by atoms with Crippen LogP contribution in [0.15, 0.2) is 0 Å². The molecule has 0 amide bonds. The standard InChI is InChI=1S/C3H3Cl2F3/c4-2(1-6)3(5,7)8/h2H,1H2. The SMILES string of the molecule is FCC(Cl)C(F)(F)Cl. The fourth-order valence-electron chi connectivity index (χ4n) is 0.0875. The van der Waals surface area contributed by atoms with Gasteiger partial charge in [0.25, 0.3) is 0 Å². The first kappa shape index (κ1) is 8.37. The van der Waals surface area contributed by atoms with Gasteiger partial charge in [0, 0.05) is 0 Å². The molecule has 0 nitrogen and oxygen atoms in total. The van der Waals surface area contributed by atoms with E-state index >= 15 is 0 Å². The van der Waals surface area contributed by atoms with E-state index in [0.717, 1.165) is 0 Å². The molecule has 0 rings (SSSR count). The van der Waals surface area contributed by atoms with Crippen molar-refractivity contribution in [3.63, 3.8) is 0 Å². The van der Waals surface area contributed by atoms with Gasteiger partial charge in [-0.05, 0) is 11.6 Å². The summed E-state index contributed by atoms with van der Waals surface area (Å²) in [5, 5.41) is -5.54. The number of hydrogen-bond acceptors (Lipinski definition) is 0. The van der Waals surface area contributed by atoms with Crippen LogP contribution in [0, 0.1) is 0 Å². The molecule has 0 spiro atoms. The van der Waals surface area contributed by atoms with Gasteiger partial charge in [0.15, 0.2) is 0 Å². The van der Waals surface area contributed by atoms with Gasteiger partial charge in [-0.3, -0.25) is 0 Å². The minimum absolute atomic E-state index is 1.32. The van der Waals surface area contributed by atoms with Gasteiger partial charge in [-0.2, -0.15) is 8.78 Å². The lowest BCUT2D eigenvalue weighted by Gasteiger charge is -2.09. The van der Waals surface area contributed by atoms with Gasteiger partial charge in [-0.25, -0.2) is 4.39 Å². The Balaban J connectivity index is 3.62. The molecule has 0 aliphatic heterocycles. The van der Waals surface area contributed by atoms with E-state index in [0.29, 0.717) is 0 Å². The molecule has 5 heteroatoms. The maximum atomic E-state index is 11.5. The molecule has 0 bridgehead atoms. The van der Waals surface area contributed by atoms with E-state index in [-0.39, 0.29) is 0 Å². The molecule has 50 valence electrons. The summed E-state index contributed by atoms with van der Waals surface area (Å²) in [5.41, 5.74) is 0. The van der Waals surface area contributed by atoms with Crippen LogP contribution in [0.25, 0.3) is 0 Å². The largest absolute Gasteiger partial charge is 0.340 e. The van der Waals surface area contributed by atoms with E-state index in [9.17, 15) is 13.2 Å². The topological polar surface area (TPSA) is 0 Å². The fourth-order valence-corrected chi connectivity index (χ4v) is 0.146. The third-order valence-corrected chi connectivity index (χ3v) is 1.26. The molecule has 0 aromatic carbocycles. The van der Waals surface area contributed by atoms with Crippen molar-refractivity contribution in [3.05, 3.63) is 0 Å². The van der Waals surface area contributed by atoms with E-state index in [1.54, 1.807) is 0 Å². The van der Waals surface area contributed by atoms with Crippen molar-refractivity contribution in [1.82, 2.24) is 0 Å². The van der Waals surface area contributed by atoms with Crippen LogP contribution in [-0.4, -0.2) is 17.4 Å². The molecule has 0 radical (unpaired) electrons. The van der Waals surface area contributed by atoms with E-state index in [1.807, 2.05) is 0 Å². The Kier molecular flexibility index (Phi) is 2.91. The Hall–Kier alpha value is 0.370. The first-order valence-corrected chi connectivity index (χ1v) is 2.56. The monoisotopic (exact) mass is 166 g/mol. The molecule has 0 aliphatic rings. The molecule has 0 aromatic heterocycles. The summed E-state index contributed by atoms with van der Waals surface area (Å²) < 4.78 is 34.2. The van der Waals surface area contributed by atoms with Crippen molar-refractivity contribution >= 4 is 23.2 Å². The zero-order valence-corrected chi connectivity index (χ0v) is 5.19. The number of alkyl halides is 5. The van der Waals surface area contributed by atoms with Crippen LogP contribution in [-0.2, 0) is 0 Å². The summed E-state index contributed by atoms with van der Waals surface area (Å²) in [6.07, 6.45) is 0. The van der Waals surface area contributed by atoms with Crippen LogP contribution in [0.4, 0.5) is 13.2 Å². The molecule has 8 heavy (non-hydrogen) atoms. The van der Waals surface area contributed by atoms with Crippen molar-refractivity contribution in [3.8, 4) is 0 Å². The van der Waals surface area contributed by atoms with E-state index in [4.69, 9.17) is 0 Å². The molecule has 0 saturated carbocycles. The zero-order chi connectivity index (χ0) is 6.78. The molecule has 1 atom stereocenters. The Labute approximate surface area is 54.6 Å². The van der Waals surface area contributed by atoms with Gasteiger partial charge in [0.2, 0.25) is 0 Å². The normalized spacial score (nSPS) is 16.1. The zero-order valence-electron chi connectivity index (χ0n) is 3.67. The highest BCUT2D eigenvalue weighted by Gasteiger charge is 2.35. The van der Waals surface area contributed by atoms with Gasteiger partial charge in [0.1, 0.15) is 12.1 Å². The highest BCUT2D eigenvalue weighted by Crippen LogP contribution is 2.27. The van der Waals surface area contributed by atoms with E-state index < -0.39 is 17.4 Å². The van der Waals surface area contributed by atoms with Crippen molar-refractivity contribution in [1.29, 1.82) is 0 Å². The van der Waals surface area contributed by atoms with Crippen molar-refractivity contribution in [2.75, 3.05) is 6.67 Å². The molecule has 0 fully saturated rings. The van der Waals surface area contributed by atoms with Crippen molar-refractivity contribution in [2.24, 2.45) is 0 Å². The third-order valence-electron chi connectivity index (χ3n) is 0.491. The van der Waals surface area contributed by atoms with Crippen molar-refractivity contribution in [2.45, 2.75) is 10.8 Å². The molecular formula is C3H3Cl2F3. The molecular weight excluding hydrogens is 164 g/mol. The second-order valence-corrected chi connectivity index (χ2v) is 2.19. The van der Waals surface area contributed by atoms with Crippen LogP contribution in [0.3, 0.4) is 0 Å². The van der Waals surface area contributed by atoms with Gasteiger partial charge >= 0.3 is 5.38 Å². The summed E-state index contributed by atoms with van der Waals surface area (Å²) >= 11 is 8.96. The summed E-state index contributed by atoms with van der Waals surface area (Å²) in [6, 6.07) is 0. The number of hydrogen-bond donors (Lipinski definition) is 0. The Bertz CT molecular complexity index is 69.4. The average Bonchev–Trinajstić information content (AvgIpc) is 1.62. The number of rotatable bonds is 2. The lowest BCUT2D eigenvalue weighted by Crippen LogP contribution is -2.23. The fraction of sp³-hybridized carbons (Fsp3) is 1.00. The summed E-state index contributed by atoms with van der Waals surface area (Å²) in [4.78, 5) is 0. The Morgan fingerprint density at radius 1 is 1.50 bits per heavy atom. The predicted octanol–water partition coefficient (Wildman–Crippen LogP) is 2.39. The smallest absolute Gasteiger partial charge is 0.249 e. The highest BCUT2D eigenvalue weighted by atomic mass is 35.5. The molecule has 0 heterocycles. The van der Waals surface area contributed by atoms with Gasteiger partial charge < -0.3 is 0 Å². The van der Waals surface area contributed by atoms with Crippen LogP contribution < -0.4 is 0 Å². The first-order chi connectivity index (χ1) is 3.48. The first-order valence-electron chi connectivity index (χ1n) is 1.75. The molecule has 0 aliphatic carbocycles. The molecule has 1 unspecified atom stereocenters. The Morgan fingerprint density at radius 3 is 1.88 bits per heavy atom. The lowest BCUT2D eigenvalue weighted by molar-refractivity contribution is 0.0823. The summed E-state index contributed by atoms with van der Waals surface area (Å²) in [6.45, 7) is -1.32. The molecule has 0 N–H and O–H groups in total. The quantitative estimate of drug-likeness (QED) is 0.553. The second-order valence-electron chi connectivity index (χ2n) is 1.16. The average molecular weight is 167 g/mol. The minimum atomic E-state index is -3.63. The van der Waals surface area contributed by atoms with Crippen LogP contribution in [0.5, 0.6) is 0 Å². The lowest BCUT2D eigenvalue weighted by atomic mass is 10.5. The van der Waals surface area contributed by atoms with E-state index in [1.165, 1.54) is 0 Å². The van der Waals surface area contributed by atoms with Crippen LogP contribution >= 0.6 is 23.2 Å². The predicted molar refractivity (Wildman–Crippen MR) is 26.4 cm³/mol. The van der Waals surface area contributed by atoms with E-state index in [2.05, 4.69) is 23.2 Å². The summed E-state index contributed by atoms with van der Waals surface area (Å²) in [5.74, 6) is 0. The minimum Gasteiger partial charge on any atom is -0.249 e. The number of halogens is 5. The van der Waals surface area contributed by atoms with Crippen LogP contribution in [0.2, 0.25) is 0 Å². The van der Waals surface area contributed by atoms with Gasteiger partial charge in [-0.15, -0.1) is 11.6 Å².